The number of carbonyl (C=O) groups excluding carboxylic acids is 1. The molecule has 2 aliphatic rings. The molecule has 1 aromatic rings. The van der Waals surface area contributed by atoms with E-state index in [9.17, 15) is 18.7 Å². The summed E-state index contributed by atoms with van der Waals surface area (Å²) in [5.41, 5.74) is -1.71. The van der Waals surface area contributed by atoms with Crippen LogP contribution in [0.4, 0.5) is 13.6 Å². The maximum absolute atomic E-state index is 14.0. The van der Waals surface area contributed by atoms with Crippen molar-refractivity contribution in [1.82, 2.24) is 4.90 Å². The molecule has 1 N–H and O–H groups in total. The average molecular weight is 369 g/mol. The zero-order valence-corrected chi connectivity index (χ0v) is 15.3. The second-order valence-electron chi connectivity index (χ2n) is 8.26. The van der Waals surface area contributed by atoms with E-state index in [1.165, 1.54) is 12.1 Å². The molecule has 26 heavy (non-hydrogen) atoms. The molecule has 2 bridgehead atoms. The van der Waals surface area contributed by atoms with Crippen molar-refractivity contribution in [3.63, 3.8) is 0 Å². The Bertz CT molecular complexity index is 675. The molecule has 7 heteroatoms. The number of aliphatic hydroxyl groups is 1. The number of nitrogens with zero attached hydrogens (tertiary/aromatic N) is 1. The lowest BCUT2D eigenvalue weighted by atomic mass is 9.77. The van der Waals surface area contributed by atoms with E-state index in [1.54, 1.807) is 25.7 Å². The maximum atomic E-state index is 14.0. The van der Waals surface area contributed by atoms with Gasteiger partial charge in [-0.3, -0.25) is 4.90 Å². The van der Waals surface area contributed by atoms with Gasteiger partial charge in [-0.2, -0.15) is 0 Å². The largest absolute Gasteiger partial charge is 0.444 e. The minimum atomic E-state index is -1.23. The fourth-order valence-electron chi connectivity index (χ4n) is 3.87. The lowest BCUT2D eigenvalue weighted by Crippen LogP contribution is -2.64. The number of halogens is 2. The van der Waals surface area contributed by atoms with Gasteiger partial charge in [0.25, 0.3) is 0 Å². The van der Waals surface area contributed by atoms with E-state index in [1.807, 2.05) is 0 Å². The zero-order chi connectivity index (χ0) is 19.1. The van der Waals surface area contributed by atoms with Crippen LogP contribution in [0.15, 0.2) is 18.2 Å². The third kappa shape index (κ3) is 3.99. The van der Waals surface area contributed by atoms with Gasteiger partial charge in [-0.25, -0.2) is 13.6 Å². The van der Waals surface area contributed by atoms with Gasteiger partial charge < -0.3 is 14.6 Å². The van der Waals surface area contributed by atoms with Crippen molar-refractivity contribution in [3.05, 3.63) is 35.4 Å². The zero-order valence-electron chi connectivity index (χ0n) is 15.3. The number of benzene rings is 1. The van der Waals surface area contributed by atoms with Crippen LogP contribution in [0.1, 0.15) is 39.2 Å². The summed E-state index contributed by atoms with van der Waals surface area (Å²) < 4.78 is 38.5. The molecule has 0 aliphatic carbocycles. The van der Waals surface area contributed by atoms with Gasteiger partial charge in [-0.05, 0) is 45.2 Å². The average Bonchev–Trinajstić information content (AvgIpc) is 2.49. The minimum Gasteiger partial charge on any atom is -0.444 e. The molecule has 2 unspecified atom stereocenters. The Balaban J connectivity index is 1.78. The predicted molar refractivity (Wildman–Crippen MR) is 90.7 cm³/mol. The Labute approximate surface area is 151 Å². The standard InChI is InChI=1S/C19H25F2NO4/c1-18(2,3)26-17(23)22-13-8-19(24,9-14(22)11-25-10-13)7-12-5-4-6-15(20)16(12)21/h4-6,13-14,24H,7-11H2,1-3H3. The van der Waals surface area contributed by atoms with Crippen molar-refractivity contribution in [2.75, 3.05) is 13.2 Å². The highest BCUT2D eigenvalue weighted by Crippen LogP contribution is 2.37. The first kappa shape index (κ1) is 19.0. The molecule has 0 spiro atoms. The molecule has 2 atom stereocenters. The second kappa shape index (κ2) is 6.78. The number of fused-ring (bicyclic) bond motifs is 2. The fourth-order valence-corrected chi connectivity index (χ4v) is 3.87. The van der Waals surface area contributed by atoms with Crippen molar-refractivity contribution in [2.24, 2.45) is 0 Å². The van der Waals surface area contributed by atoms with Crippen LogP contribution in [0.5, 0.6) is 0 Å². The van der Waals surface area contributed by atoms with Gasteiger partial charge in [0.05, 0.1) is 30.9 Å². The van der Waals surface area contributed by atoms with Crippen molar-refractivity contribution in [1.29, 1.82) is 0 Å². The van der Waals surface area contributed by atoms with Crippen molar-refractivity contribution in [3.8, 4) is 0 Å². The SMILES string of the molecule is CC(C)(C)OC(=O)N1C2COCC1CC(O)(Cc1cccc(F)c1F)C2. The van der Waals surface area contributed by atoms with Gasteiger partial charge in [-0.1, -0.05) is 12.1 Å². The number of morpholine rings is 1. The van der Waals surface area contributed by atoms with E-state index in [-0.39, 0.29) is 50.1 Å². The monoisotopic (exact) mass is 369 g/mol. The maximum Gasteiger partial charge on any atom is 0.410 e. The van der Waals surface area contributed by atoms with Crippen LogP contribution >= 0.6 is 0 Å². The summed E-state index contributed by atoms with van der Waals surface area (Å²) in [6, 6.07) is 3.23. The van der Waals surface area contributed by atoms with Gasteiger partial charge >= 0.3 is 6.09 Å². The molecule has 1 aromatic carbocycles. The number of carbonyl (C=O) groups is 1. The Morgan fingerprint density at radius 3 is 2.50 bits per heavy atom. The van der Waals surface area contributed by atoms with Crippen LogP contribution in [0.2, 0.25) is 0 Å². The van der Waals surface area contributed by atoms with E-state index in [0.29, 0.717) is 0 Å². The van der Waals surface area contributed by atoms with E-state index in [2.05, 4.69) is 0 Å². The first-order valence-electron chi connectivity index (χ1n) is 8.82. The molecule has 2 aliphatic heterocycles. The molecule has 1 amide bonds. The summed E-state index contributed by atoms with van der Waals surface area (Å²) in [6.45, 7) is 5.95. The van der Waals surface area contributed by atoms with Crippen LogP contribution < -0.4 is 0 Å². The van der Waals surface area contributed by atoms with Gasteiger partial charge in [0.1, 0.15) is 5.60 Å². The molecular formula is C19H25F2NO4. The highest BCUT2D eigenvalue weighted by atomic mass is 19.2. The van der Waals surface area contributed by atoms with Crippen LogP contribution in [-0.4, -0.2) is 52.6 Å². The number of amides is 1. The van der Waals surface area contributed by atoms with E-state index in [0.717, 1.165) is 6.07 Å². The number of piperidine rings is 1. The first-order chi connectivity index (χ1) is 12.1. The van der Waals surface area contributed by atoms with Crippen LogP contribution in [0.3, 0.4) is 0 Å². The fraction of sp³-hybridized carbons (Fsp3) is 0.632. The van der Waals surface area contributed by atoms with E-state index >= 15 is 0 Å². The number of hydrogen-bond donors (Lipinski definition) is 1. The lowest BCUT2D eigenvalue weighted by molar-refractivity contribution is -0.137. The van der Waals surface area contributed by atoms with Gasteiger partial charge in [0.2, 0.25) is 0 Å². The molecule has 0 saturated carbocycles. The summed E-state index contributed by atoms with van der Waals surface area (Å²) in [5.74, 6) is -1.86. The van der Waals surface area contributed by atoms with E-state index in [4.69, 9.17) is 9.47 Å². The topological polar surface area (TPSA) is 59.0 Å². The molecule has 5 nitrogen and oxygen atoms in total. The quantitative estimate of drug-likeness (QED) is 0.871. The molecular weight excluding hydrogens is 344 g/mol. The number of ether oxygens (including phenoxy) is 2. The summed E-state index contributed by atoms with van der Waals surface area (Å²) in [5, 5.41) is 11.1. The van der Waals surface area contributed by atoms with Crippen molar-refractivity contribution in [2.45, 2.75) is 63.3 Å². The van der Waals surface area contributed by atoms with Crippen LogP contribution in [0, 0.1) is 11.6 Å². The minimum absolute atomic E-state index is 0.00818. The second-order valence-corrected chi connectivity index (χ2v) is 8.26. The number of hydrogen-bond acceptors (Lipinski definition) is 4. The summed E-state index contributed by atoms with van der Waals surface area (Å²) in [6.07, 6.45) is -0.00171. The molecule has 2 saturated heterocycles. The van der Waals surface area contributed by atoms with Crippen molar-refractivity contribution < 1.29 is 28.2 Å². The molecule has 3 rings (SSSR count). The van der Waals surface area contributed by atoms with E-state index < -0.39 is 28.9 Å². The number of rotatable bonds is 2. The Morgan fingerprint density at radius 2 is 1.92 bits per heavy atom. The molecule has 144 valence electrons. The Hall–Kier alpha value is -1.73. The van der Waals surface area contributed by atoms with Gasteiger partial charge in [0, 0.05) is 6.42 Å². The molecule has 0 radical (unpaired) electrons. The third-order valence-electron chi connectivity index (χ3n) is 4.79. The molecule has 2 fully saturated rings. The third-order valence-corrected chi connectivity index (χ3v) is 4.79. The normalized spacial score (nSPS) is 28.8. The highest BCUT2D eigenvalue weighted by molar-refractivity contribution is 5.69. The van der Waals surface area contributed by atoms with Crippen molar-refractivity contribution >= 4 is 6.09 Å². The smallest absolute Gasteiger partial charge is 0.410 e. The predicted octanol–water partition coefficient (Wildman–Crippen LogP) is 3.04. The van der Waals surface area contributed by atoms with Gasteiger partial charge in [0.15, 0.2) is 11.6 Å². The lowest BCUT2D eigenvalue weighted by Gasteiger charge is -2.51. The van der Waals surface area contributed by atoms with Crippen LogP contribution in [-0.2, 0) is 15.9 Å². The highest BCUT2D eigenvalue weighted by Gasteiger charge is 2.49. The Morgan fingerprint density at radius 1 is 1.31 bits per heavy atom. The summed E-state index contributed by atoms with van der Waals surface area (Å²) >= 11 is 0. The first-order valence-corrected chi connectivity index (χ1v) is 8.82. The molecule has 2 heterocycles. The van der Waals surface area contributed by atoms with Gasteiger partial charge in [-0.15, -0.1) is 0 Å². The molecule has 0 aromatic heterocycles. The summed E-state index contributed by atoms with van der Waals surface area (Å²) in [4.78, 5) is 14.2. The van der Waals surface area contributed by atoms with Crippen LogP contribution in [0.25, 0.3) is 0 Å². The Kier molecular flexibility index (Phi) is 4.96. The summed E-state index contributed by atoms with van der Waals surface area (Å²) in [7, 11) is 0.